The molecule has 7 heteroatoms. The maximum atomic E-state index is 12.2. The Balaban J connectivity index is 2.97. The lowest BCUT2D eigenvalue weighted by Gasteiger charge is -2.22. The first-order valence-electron chi connectivity index (χ1n) is 6.50. The van der Waals surface area contributed by atoms with Crippen LogP contribution in [-0.2, 0) is 0 Å². The molecule has 0 saturated carbocycles. The van der Waals surface area contributed by atoms with Crippen LogP contribution >= 0.6 is 31.9 Å². The minimum absolute atomic E-state index is 0.0292. The lowest BCUT2D eigenvalue weighted by molar-refractivity contribution is 0.0698. The largest absolute Gasteiger partial charge is 0.478 e. The van der Waals surface area contributed by atoms with E-state index in [2.05, 4.69) is 51.0 Å². The van der Waals surface area contributed by atoms with E-state index >= 15 is 0 Å². The van der Waals surface area contributed by atoms with E-state index in [1.807, 2.05) is 0 Å². The van der Waals surface area contributed by atoms with Gasteiger partial charge in [0.05, 0.1) is 11.3 Å². The van der Waals surface area contributed by atoms with Crippen LogP contribution in [0.3, 0.4) is 0 Å². The van der Waals surface area contributed by atoms with Crippen molar-refractivity contribution in [2.75, 3.05) is 18.9 Å². The zero-order valence-electron chi connectivity index (χ0n) is 12.1. The number of carbonyl (C=O) groups is 2. The van der Waals surface area contributed by atoms with Crippen molar-refractivity contribution >= 4 is 49.5 Å². The van der Waals surface area contributed by atoms with E-state index in [9.17, 15) is 14.7 Å². The van der Waals surface area contributed by atoms with E-state index in [1.165, 1.54) is 6.07 Å². The van der Waals surface area contributed by atoms with Gasteiger partial charge in [0.25, 0.3) is 0 Å². The molecule has 1 unspecified atom stereocenters. The van der Waals surface area contributed by atoms with Gasteiger partial charge in [-0.05, 0) is 34.0 Å². The number of anilines is 1. The summed E-state index contributed by atoms with van der Waals surface area (Å²) >= 11 is 6.52. The molecular formula is C14H18Br2N2O3. The third-order valence-corrected chi connectivity index (χ3v) is 4.23. The van der Waals surface area contributed by atoms with Gasteiger partial charge in [-0.15, -0.1) is 0 Å². The Morgan fingerprint density at radius 2 is 2.00 bits per heavy atom. The maximum absolute atomic E-state index is 12.2. The fraction of sp³-hybridized carbons (Fsp3) is 0.429. The number of nitrogens with zero attached hydrogens (tertiary/aromatic N) is 1. The van der Waals surface area contributed by atoms with Gasteiger partial charge in [0.15, 0.2) is 0 Å². The number of carboxylic acid groups (broad SMARTS) is 1. The number of benzene rings is 1. The molecule has 0 spiro atoms. The minimum Gasteiger partial charge on any atom is -0.478 e. The standard InChI is InChI=1S/C14H18Br2N2O3/c1-4-8(2)7-18(3)14(21)17-12-10(13(19)20)5-9(15)6-11(12)16/h5-6,8H,4,7H2,1-3H3,(H,17,21)(H,19,20). The lowest BCUT2D eigenvalue weighted by Crippen LogP contribution is -2.35. The van der Waals surface area contributed by atoms with Crippen molar-refractivity contribution in [2.45, 2.75) is 20.3 Å². The number of hydrogen-bond acceptors (Lipinski definition) is 2. The average Bonchev–Trinajstić information content (AvgIpc) is 2.40. The highest BCUT2D eigenvalue weighted by Crippen LogP contribution is 2.31. The summed E-state index contributed by atoms with van der Waals surface area (Å²) in [4.78, 5) is 25.0. The van der Waals surface area contributed by atoms with Crippen LogP contribution in [0.15, 0.2) is 21.1 Å². The molecule has 0 fully saturated rings. The first-order chi connectivity index (χ1) is 9.76. The smallest absolute Gasteiger partial charge is 0.337 e. The molecule has 0 aliphatic heterocycles. The monoisotopic (exact) mass is 420 g/mol. The van der Waals surface area contributed by atoms with Gasteiger partial charge in [-0.2, -0.15) is 0 Å². The SMILES string of the molecule is CCC(C)CN(C)C(=O)Nc1c(Br)cc(Br)cc1C(=O)O. The molecule has 0 heterocycles. The highest BCUT2D eigenvalue weighted by Gasteiger charge is 2.19. The number of carboxylic acids is 1. The molecular weight excluding hydrogens is 404 g/mol. The van der Waals surface area contributed by atoms with Gasteiger partial charge >= 0.3 is 12.0 Å². The maximum Gasteiger partial charge on any atom is 0.337 e. The number of carbonyl (C=O) groups excluding carboxylic acids is 1. The number of urea groups is 1. The van der Waals surface area contributed by atoms with Crippen LogP contribution in [0.4, 0.5) is 10.5 Å². The Hall–Kier alpha value is -1.08. The predicted molar refractivity (Wildman–Crippen MR) is 89.9 cm³/mol. The molecule has 116 valence electrons. The lowest BCUT2D eigenvalue weighted by atomic mass is 10.1. The Kier molecular flexibility index (Phi) is 6.67. The van der Waals surface area contributed by atoms with Crippen molar-refractivity contribution in [1.29, 1.82) is 0 Å². The molecule has 1 atom stereocenters. The highest BCUT2D eigenvalue weighted by atomic mass is 79.9. The molecule has 21 heavy (non-hydrogen) atoms. The molecule has 1 rings (SSSR count). The van der Waals surface area contributed by atoms with Crippen LogP contribution in [0, 0.1) is 5.92 Å². The second-order valence-corrected chi connectivity index (χ2v) is 6.71. The summed E-state index contributed by atoms with van der Waals surface area (Å²) in [5.41, 5.74) is 0.285. The van der Waals surface area contributed by atoms with Crippen molar-refractivity contribution in [3.05, 3.63) is 26.6 Å². The van der Waals surface area contributed by atoms with Gasteiger partial charge < -0.3 is 15.3 Å². The summed E-state index contributed by atoms with van der Waals surface area (Å²) < 4.78 is 1.14. The number of aromatic carboxylic acids is 1. The Labute approximate surface area is 141 Å². The van der Waals surface area contributed by atoms with Crippen molar-refractivity contribution in [3.8, 4) is 0 Å². The van der Waals surface area contributed by atoms with Crippen molar-refractivity contribution in [2.24, 2.45) is 5.92 Å². The van der Waals surface area contributed by atoms with E-state index in [1.54, 1.807) is 18.0 Å². The topological polar surface area (TPSA) is 69.6 Å². The van der Waals surface area contributed by atoms with Crippen LogP contribution < -0.4 is 5.32 Å². The fourth-order valence-electron chi connectivity index (χ4n) is 1.75. The predicted octanol–water partition coefficient (Wildman–Crippen LogP) is 4.42. The Morgan fingerprint density at radius 1 is 1.38 bits per heavy atom. The normalized spacial score (nSPS) is 11.9. The second kappa shape index (κ2) is 7.79. The van der Waals surface area contributed by atoms with E-state index in [0.29, 0.717) is 21.4 Å². The summed E-state index contributed by atoms with van der Waals surface area (Å²) in [7, 11) is 1.69. The number of nitrogens with one attached hydrogen (secondary N) is 1. The molecule has 5 nitrogen and oxygen atoms in total. The number of amides is 2. The minimum atomic E-state index is -1.10. The Bertz CT molecular complexity index is 549. The van der Waals surface area contributed by atoms with Crippen molar-refractivity contribution in [1.82, 2.24) is 4.90 Å². The van der Waals surface area contributed by atoms with E-state index < -0.39 is 5.97 Å². The summed E-state index contributed by atoms with van der Waals surface area (Å²) in [5, 5.41) is 11.9. The van der Waals surface area contributed by atoms with Crippen LogP contribution in [0.2, 0.25) is 0 Å². The van der Waals surface area contributed by atoms with E-state index in [-0.39, 0.29) is 17.3 Å². The molecule has 0 radical (unpaired) electrons. The zero-order chi connectivity index (χ0) is 16.2. The van der Waals surface area contributed by atoms with Crippen molar-refractivity contribution in [3.63, 3.8) is 0 Å². The number of rotatable bonds is 5. The van der Waals surface area contributed by atoms with Gasteiger partial charge in [0, 0.05) is 22.5 Å². The fourth-order valence-corrected chi connectivity index (χ4v) is 3.08. The van der Waals surface area contributed by atoms with E-state index in [0.717, 1.165) is 6.42 Å². The molecule has 0 aromatic heterocycles. The molecule has 1 aromatic rings. The van der Waals surface area contributed by atoms with Gasteiger partial charge in [0.1, 0.15) is 0 Å². The quantitative estimate of drug-likeness (QED) is 0.739. The third kappa shape index (κ3) is 5.00. The van der Waals surface area contributed by atoms with Gasteiger partial charge in [-0.3, -0.25) is 0 Å². The summed E-state index contributed by atoms with van der Waals surface area (Å²) in [6.45, 7) is 4.73. The van der Waals surface area contributed by atoms with Gasteiger partial charge in [-0.1, -0.05) is 36.2 Å². The van der Waals surface area contributed by atoms with Gasteiger partial charge in [0.2, 0.25) is 0 Å². The Morgan fingerprint density at radius 3 is 2.52 bits per heavy atom. The number of halogens is 2. The van der Waals surface area contributed by atoms with Crippen LogP contribution in [0.5, 0.6) is 0 Å². The molecule has 0 bridgehead atoms. The zero-order valence-corrected chi connectivity index (χ0v) is 15.3. The molecule has 0 saturated heterocycles. The van der Waals surface area contributed by atoms with Crippen molar-refractivity contribution < 1.29 is 14.7 Å². The molecule has 0 aliphatic rings. The summed E-state index contributed by atoms with van der Waals surface area (Å²) in [6.07, 6.45) is 0.972. The summed E-state index contributed by atoms with van der Waals surface area (Å²) in [5.74, 6) is -0.718. The average molecular weight is 422 g/mol. The third-order valence-electron chi connectivity index (χ3n) is 3.15. The summed E-state index contributed by atoms with van der Waals surface area (Å²) in [6, 6.07) is 2.81. The highest BCUT2D eigenvalue weighted by molar-refractivity contribution is 9.11. The van der Waals surface area contributed by atoms with Crippen LogP contribution in [0.25, 0.3) is 0 Å². The van der Waals surface area contributed by atoms with Crippen LogP contribution in [0.1, 0.15) is 30.6 Å². The first-order valence-corrected chi connectivity index (χ1v) is 8.09. The van der Waals surface area contributed by atoms with E-state index in [4.69, 9.17) is 0 Å². The van der Waals surface area contributed by atoms with Gasteiger partial charge in [-0.25, -0.2) is 9.59 Å². The number of hydrogen-bond donors (Lipinski definition) is 2. The van der Waals surface area contributed by atoms with Crippen LogP contribution in [-0.4, -0.2) is 35.6 Å². The molecule has 0 aliphatic carbocycles. The molecule has 2 amide bonds. The second-order valence-electron chi connectivity index (χ2n) is 4.94. The first kappa shape index (κ1) is 18.0. The molecule has 1 aromatic carbocycles. The molecule has 2 N–H and O–H groups in total.